The first-order chi connectivity index (χ1) is 16.8. The fourth-order valence-electron chi connectivity index (χ4n) is 7.75. The van der Waals surface area contributed by atoms with E-state index in [0.29, 0.717) is 34.2 Å². The Morgan fingerprint density at radius 2 is 2.09 bits per heavy atom. The first kappa shape index (κ1) is 22.3. The van der Waals surface area contributed by atoms with E-state index in [1.807, 2.05) is 22.9 Å². The molecule has 186 valence electrons. The summed E-state index contributed by atoms with van der Waals surface area (Å²) in [5.74, 6) is 1.03. The third-order valence-corrected chi connectivity index (χ3v) is 10.9. The zero-order valence-electron chi connectivity index (χ0n) is 19.8. The van der Waals surface area contributed by atoms with Crippen LogP contribution < -0.4 is 0 Å². The maximum Gasteiger partial charge on any atom is 0.269 e. The van der Waals surface area contributed by atoms with Crippen LogP contribution in [0, 0.1) is 5.92 Å². The molecule has 1 saturated carbocycles. The first-order valence-corrected chi connectivity index (χ1v) is 15.2. The van der Waals surface area contributed by atoms with Gasteiger partial charge in [-0.1, -0.05) is 12.8 Å². The summed E-state index contributed by atoms with van der Waals surface area (Å²) in [5, 5.41) is 11.5. The fraction of sp³-hybridized carbons (Fsp3) is 0.538. The molecule has 0 radical (unpaired) electrons. The lowest BCUT2D eigenvalue weighted by Gasteiger charge is -2.59. The Morgan fingerprint density at radius 3 is 2.91 bits per heavy atom. The van der Waals surface area contributed by atoms with E-state index in [2.05, 4.69) is 11.9 Å². The second-order valence-electron chi connectivity index (χ2n) is 10.8. The lowest BCUT2D eigenvalue weighted by atomic mass is 9.52. The molecule has 3 heterocycles. The Kier molecular flexibility index (Phi) is 4.80. The number of piperidine rings is 1. The Labute approximate surface area is 209 Å². The highest BCUT2D eigenvalue weighted by Crippen LogP contribution is 2.58. The molecule has 2 aliphatic carbocycles. The topological polar surface area (TPSA) is 95.9 Å². The van der Waals surface area contributed by atoms with E-state index in [1.165, 1.54) is 12.8 Å². The number of aromatic nitrogens is 1. The van der Waals surface area contributed by atoms with Gasteiger partial charge in [0.05, 0.1) is 6.54 Å². The van der Waals surface area contributed by atoms with E-state index in [1.54, 1.807) is 11.8 Å². The summed E-state index contributed by atoms with van der Waals surface area (Å²) < 4.78 is 42.5. The zero-order chi connectivity index (χ0) is 24.1. The molecule has 0 amide bonds. The summed E-state index contributed by atoms with van der Waals surface area (Å²) >= 11 is 1.78. The quantitative estimate of drug-likeness (QED) is 0.485. The number of likely N-dealkylation sites (tertiary alicyclic amines) is 1. The van der Waals surface area contributed by atoms with Crippen LogP contribution >= 0.6 is 11.8 Å². The molecular formula is C26H30N2O5S2. The van der Waals surface area contributed by atoms with Crippen molar-refractivity contribution in [2.24, 2.45) is 5.92 Å². The van der Waals surface area contributed by atoms with Gasteiger partial charge in [-0.3, -0.25) is 4.55 Å². The number of aromatic hydroxyl groups is 1. The molecular weight excluding hydrogens is 484 g/mol. The summed E-state index contributed by atoms with van der Waals surface area (Å²) in [5.41, 5.74) is 5.49. The third kappa shape index (κ3) is 3.14. The number of fused-ring (bicyclic) bond motifs is 1. The second-order valence-corrected chi connectivity index (χ2v) is 13.4. The van der Waals surface area contributed by atoms with E-state index in [-0.39, 0.29) is 11.2 Å². The summed E-state index contributed by atoms with van der Waals surface area (Å²) in [7, 11) is -2.15. The molecule has 4 aliphatic rings. The van der Waals surface area contributed by atoms with Gasteiger partial charge in [-0.2, -0.15) is 8.42 Å². The average Bonchev–Trinajstić information content (AvgIpc) is 2.80. The van der Waals surface area contributed by atoms with Crippen LogP contribution in [0.4, 0.5) is 0 Å². The van der Waals surface area contributed by atoms with E-state index in [0.717, 1.165) is 66.1 Å². The third-order valence-electron chi connectivity index (χ3n) is 9.21. The van der Waals surface area contributed by atoms with E-state index in [9.17, 15) is 18.1 Å². The van der Waals surface area contributed by atoms with E-state index >= 15 is 0 Å². The number of likely N-dealkylation sites (N-methyl/N-ethyl adjacent to an activating group) is 1. The van der Waals surface area contributed by atoms with Crippen LogP contribution in [-0.2, 0) is 34.3 Å². The van der Waals surface area contributed by atoms with Gasteiger partial charge in [0.25, 0.3) is 10.1 Å². The number of hydrogen-bond donors (Lipinski definition) is 2. The molecule has 7 nitrogen and oxygen atoms in total. The summed E-state index contributed by atoms with van der Waals surface area (Å²) in [4.78, 5) is 3.57. The fourth-order valence-corrected chi connectivity index (χ4v) is 9.41. The number of hydrogen-bond acceptors (Lipinski definition) is 6. The van der Waals surface area contributed by atoms with Crippen LogP contribution in [0.2, 0.25) is 0 Å². The SMILES string of the molecule is CN1CC[C@]23CCCC[C@H]2[C@H]1Cc1c3cc(O)c(-c2ccc3c4c2on4CCS3)c1CS(=O)(=O)O. The molecule has 7 rings (SSSR count). The maximum absolute atomic E-state index is 12.3. The standard InChI is InChI=1S/C26H30N2O5S2/c1-27-9-8-26-7-3-2-4-18(26)20(27)12-16-17(14-35(30,31)32)23(21(29)13-19(16)26)15-5-6-22-24-25(15)33-28(24)10-11-34-22/h5-6,13,18,20,29H,2-4,7-12,14H2,1H3,(H,30,31,32)/t18-,20+,26+/m0/s1. The van der Waals surface area contributed by atoms with Crippen molar-refractivity contribution in [1.82, 2.24) is 9.64 Å². The number of rotatable bonds is 3. The van der Waals surface area contributed by atoms with Crippen LogP contribution in [0.15, 0.2) is 27.6 Å². The Hall–Kier alpha value is -1.94. The van der Waals surface area contributed by atoms with Crippen molar-refractivity contribution in [3.8, 4) is 16.9 Å². The van der Waals surface area contributed by atoms with Gasteiger partial charge in [0.2, 0.25) is 0 Å². The van der Waals surface area contributed by atoms with Gasteiger partial charge in [0.15, 0.2) is 5.58 Å². The smallest absolute Gasteiger partial charge is 0.269 e. The van der Waals surface area contributed by atoms with Crippen molar-refractivity contribution in [3.63, 3.8) is 0 Å². The highest BCUT2D eigenvalue weighted by atomic mass is 32.2. The van der Waals surface area contributed by atoms with Gasteiger partial charge in [-0.15, -0.1) is 11.8 Å². The summed E-state index contributed by atoms with van der Waals surface area (Å²) in [6.07, 6.45) is 6.36. The van der Waals surface area contributed by atoms with E-state index in [4.69, 9.17) is 4.52 Å². The summed E-state index contributed by atoms with van der Waals surface area (Å²) in [6, 6.07) is 6.22. The Balaban J connectivity index is 1.50. The molecule has 1 saturated heterocycles. The first-order valence-electron chi connectivity index (χ1n) is 12.6. The Bertz CT molecular complexity index is 1470. The van der Waals surface area contributed by atoms with Gasteiger partial charge in [0.1, 0.15) is 17.0 Å². The molecule has 2 N–H and O–H groups in total. The number of thioether (sulfide) groups is 1. The van der Waals surface area contributed by atoms with Gasteiger partial charge in [0, 0.05) is 33.2 Å². The van der Waals surface area contributed by atoms with Gasteiger partial charge < -0.3 is 14.5 Å². The van der Waals surface area contributed by atoms with Crippen LogP contribution in [0.3, 0.4) is 0 Å². The molecule has 2 fully saturated rings. The molecule has 0 unspecified atom stereocenters. The normalized spacial score (nSPS) is 28.2. The van der Waals surface area contributed by atoms with Crippen molar-refractivity contribution in [3.05, 3.63) is 34.9 Å². The van der Waals surface area contributed by atoms with Crippen molar-refractivity contribution in [2.45, 2.75) is 67.2 Å². The summed E-state index contributed by atoms with van der Waals surface area (Å²) in [6.45, 7) is 1.80. The minimum absolute atomic E-state index is 0.0350. The van der Waals surface area contributed by atoms with Crippen LogP contribution in [0.5, 0.6) is 5.75 Å². The van der Waals surface area contributed by atoms with Crippen molar-refractivity contribution < 1.29 is 22.6 Å². The lowest BCUT2D eigenvalue weighted by Crippen LogP contribution is -2.60. The molecule has 2 aliphatic heterocycles. The minimum atomic E-state index is -4.32. The minimum Gasteiger partial charge on any atom is -0.507 e. The highest BCUT2D eigenvalue weighted by Gasteiger charge is 2.54. The Morgan fingerprint density at radius 1 is 1.23 bits per heavy atom. The molecule has 3 aromatic rings. The molecule has 0 spiro atoms. The second kappa shape index (κ2) is 7.54. The molecule has 9 heteroatoms. The predicted molar refractivity (Wildman–Crippen MR) is 136 cm³/mol. The molecule has 2 aromatic carbocycles. The molecule has 3 atom stereocenters. The zero-order valence-corrected chi connectivity index (χ0v) is 21.4. The largest absolute Gasteiger partial charge is 0.507 e. The number of aryl methyl sites for hydroxylation is 1. The molecule has 1 aromatic heterocycles. The van der Waals surface area contributed by atoms with Crippen molar-refractivity contribution in [2.75, 3.05) is 19.3 Å². The van der Waals surface area contributed by atoms with Crippen molar-refractivity contribution in [1.29, 1.82) is 0 Å². The molecule has 35 heavy (non-hydrogen) atoms. The monoisotopic (exact) mass is 514 g/mol. The van der Waals surface area contributed by atoms with Gasteiger partial charge in [-0.25, -0.2) is 4.74 Å². The number of phenols is 1. The predicted octanol–water partition coefficient (Wildman–Crippen LogP) is 4.79. The van der Waals surface area contributed by atoms with E-state index < -0.39 is 15.9 Å². The van der Waals surface area contributed by atoms with Crippen LogP contribution in [-0.4, -0.2) is 53.1 Å². The maximum atomic E-state index is 12.3. The van der Waals surface area contributed by atoms with Crippen molar-refractivity contribution >= 4 is 33.0 Å². The van der Waals surface area contributed by atoms with Gasteiger partial charge >= 0.3 is 0 Å². The molecule has 2 bridgehead atoms. The average molecular weight is 515 g/mol. The number of phenolic OH excluding ortho intramolecular Hbond substituents is 1. The number of benzene rings is 2. The van der Waals surface area contributed by atoms with Crippen LogP contribution in [0.25, 0.3) is 22.2 Å². The lowest BCUT2D eigenvalue weighted by molar-refractivity contribution is 0.00257. The van der Waals surface area contributed by atoms with Gasteiger partial charge in [-0.05, 0) is 80.1 Å². The number of nitrogens with zero attached hydrogens (tertiary/aromatic N) is 2. The van der Waals surface area contributed by atoms with Crippen LogP contribution in [0.1, 0.15) is 48.8 Å². The highest BCUT2D eigenvalue weighted by molar-refractivity contribution is 7.99.